The number of hydrogen-bond acceptors (Lipinski definition) is 3. The minimum atomic E-state index is -0.888. The Morgan fingerprint density at radius 2 is 1.92 bits per heavy atom. The number of carboxylic acid groups (broad SMARTS) is 1. The van der Waals surface area contributed by atoms with Crippen LogP contribution in [0.4, 0.5) is 0 Å². The third kappa shape index (κ3) is 4.85. The highest BCUT2D eigenvalue weighted by molar-refractivity contribution is 5.85. The Hall–Kier alpha value is -1.88. The second-order valence-corrected chi connectivity index (χ2v) is 8.25. The highest BCUT2D eigenvalue weighted by Gasteiger charge is 2.44. The average molecular weight is 361 g/mol. The number of hydrogen-bond donors (Lipinski definition) is 1. The van der Waals surface area contributed by atoms with Crippen molar-refractivity contribution in [1.82, 2.24) is 4.90 Å². The van der Waals surface area contributed by atoms with Crippen LogP contribution in [0.3, 0.4) is 0 Å². The monoisotopic (exact) mass is 361 g/mol. The average Bonchev–Trinajstić information content (AvgIpc) is 2.73. The number of ether oxygens (including phenoxy) is 1. The van der Waals surface area contributed by atoms with Crippen LogP contribution in [0.2, 0.25) is 0 Å². The van der Waals surface area contributed by atoms with Crippen LogP contribution in [0.5, 0.6) is 0 Å². The molecule has 0 spiro atoms. The standard InChI is InChI=1S/C21H31NO4/c1-21(2,3)18(20(24)25)17-11-10-16(15-8-6-5-7-9-15)14-22(19(17)23)12-13-26-4/h5-9,16-18H,10-14H2,1-4H3,(H,24,25)/t16-,17-,18?/m1/s1. The fourth-order valence-corrected chi connectivity index (χ4v) is 4.04. The highest BCUT2D eigenvalue weighted by atomic mass is 16.5. The summed E-state index contributed by atoms with van der Waals surface area (Å²) in [6, 6.07) is 10.2. The summed E-state index contributed by atoms with van der Waals surface area (Å²) in [6.45, 7) is 7.26. The molecule has 1 N–H and O–H groups in total. The number of amides is 1. The van der Waals surface area contributed by atoms with Crippen LogP contribution >= 0.6 is 0 Å². The van der Waals surface area contributed by atoms with E-state index in [1.807, 2.05) is 39.0 Å². The topological polar surface area (TPSA) is 66.8 Å². The van der Waals surface area contributed by atoms with Crippen LogP contribution in [0.15, 0.2) is 30.3 Å². The van der Waals surface area contributed by atoms with Gasteiger partial charge in [0.2, 0.25) is 5.91 Å². The molecule has 2 rings (SSSR count). The van der Waals surface area contributed by atoms with Gasteiger partial charge < -0.3 is 14.7 Å². The van der Waals surface area contributed by atoms with Gasteiger partial charge in [-0.25, -0.2) is 0 Å². The van der Waals surface area contributed by atoms with Crippen molar-refractivity contribution in [3.05, 3.63) is 35.9 Å². The maximum absolute atomic E-state index is 13.2. The van der Waals surface area contributed by atoms with Gasteiger partial charge in [0.15, 0.2) is 0 Å². The molecule has 1 aliphatic heterocycles. The van der Waals surface area contributed by atoms with E-state index >= 15 is 0 Å². The lowest BCUT2D eigenvalue weighted by Gasteiger charge is -2.34. The molecule has 1 aromatic rings. The van der Waals surface area contributed by atoms with Crippen LogP contribution in [0, 0.1) is 17.3 Å². The van der Waals surface area contributed by atoms with Gasteiger partial charge in [-0.05, 0) is 23.8 Å². The number of carbonyl (C=O) groups excluding carboxylic acids is 1. The first kappa shape index (κ1) is 20.4. The normalized spacial score (nSPS) is 22.8. The van der Waals surface area contributed by atoms with Crippen molar-refractivity contribution in [2.45, 2.75) is 39.5 Å². The van der Waals surface area contributed by atoms with Gasteiger partial charge in [0.25, 0.3) is 0 Å². The third-order valence-corrected chi connectivity index (χ3v) is 5.33. The number of likely N-dealkylation sites (tertiary alicyclic amines) is 1. The van der Waals surface area contributed by atoms with E-state index in [4.69, 9.17) is 4.74 Å². The number of aliphatic carboxylic acids is 1. The van der Waals surface area contributed by atoms with Crippen molar-refractivity contribution in [3.63, 3.8) is 0 Å². The number of methoxy groups -OCH3 is 1. The highest BCUT2D eigenvalue weighted by Crippen LogP contribution is 2.39. The summed E-state index contributed by atoms with van der Waals surface area (Å²) in [5, 5.41) is 9.82. The predicted octanol–water partition coefficient (Wildman–Crippen LogP) is 3.40. The van der Waals surface area contributed by atoms with Crippen LogP contribution in [0.1, 0.15) is 45.1 Å². The molecule has 0 aliphatic carbocycles. The van der Waals surface area contributed by atoms with E-state index in [0.717, 1.165) is 6.42 Å². The second kappa shape index (κ2) is 8.67. The molecule has 1 saturated heterocycles. The van der Waals surface area contributed by atoms with E-state index in [-0.39, 0.29) is 11.8 Å². The van der Waals surface area contributed by atoms with Gasteiger partial charge in [-0.3, -0.25) is 9.59 Å². The molecule has 0 bridgehead atoms. The zero-order valence-corrected chi connectivity index (χ0v) is 16.3. The zero-order valence-electron chi connectivity index (χ0n) is 16.3. The van der Waals surface area contributed by atoms with Gasteiger partial charge in [0.05, 0.1) is 18.4 Å². The number of nitrogens with zero attached hydrogens (tertiary/aromatic N) is 1. The van der Waals surface area contributed by atoms with Gasteiger partial charge in [-0.1, -0.05) is 51.1 Å². The molecule has 3 atom stereocenters. The van der Waals surface area contributed by atoms with E-state index in [2.05, 4.69) is 12.1 Å². The largest absolute Gasteiger partial charge is 0.481 e. The Kier molecular flexibility index (Phi) is 6.81. The first-order valence-corrected chi connectivity index (χ1v) is 9.31. The van der Waals surface area contributed by atoms with Crippen molar-refractivity contribution in [2.75, 3.05) is 26.8 Å². The van der Waals surface area contributed by atoms with E-state index in [1.54, 1.807) is 12.0 Å². The number of rotatable bonds is 6. The Morgan fingerprint density at radius 3 is 2.46 bits per heavy atom. The van der Waals surface area contributed by atoms with Crippen molar-refractivity contribution in [3.8, 4) is 0 Å². The van der Waals surface area contributed by atoms with Crippen molar-refractivity contribution in [1.29, 1.82) is 0 Å². The fourth-order valence-electron chi connectivity index (χ4n) is 4.04. The summed E-state index contributed by atoms with van der Waals surface area (Å²) >= 11 is 0. The van der Waals surface area contributed by atoms with Gasteiger partial charge in [-0.15, -0.1) is 0 Å². The van der Waals surface area contributed by atoms with Crippen LogP contribution in [-0.2, 0) is 14.3 Å². The van der Waals surface area contributed by atoms with Crippen LogP contribution < -0.4 is 0 Å². The SMILES string of the molecule is COCCN1C[C@H](c2ccccc2)CC[C@H](C(C(=O)O)C(C)(C)C)C1=O. The zero-order chi connectivity index (χ0) is 19.3. The molecule has 5 heteroatoms. The summed E-state index contributed by atoms with van der Waals surface area (Å²) in [7, 11) is 1.61. The molecule has 1 aliphatic rings. The van der Waals surface area contributed by atoms with Crippen LogP contribution in [-0.4, -0.2) is 48.7 Å². The Bertz CT molecular complexity index is 608. The Labute approximate surface area is 156 Å². The smallest absolute Gasteiger partial charge is 0.307 e. The molecular weight excluding hydrogens is 330 g/mol. The summed E-state index contributed by atoms with van der Waals surface area (Å²) in [5.74, 6) is -1.92. The van der Waals surface area contributed by atoms with E-state index < -0.39 is 23.2 Å². The maximum atomic E-state index is 13.2. The van der Waals surface area contributed by atoms with Gasteiger partial charge in [0.1, 0.15) is 0 Å². The predicted molar refractivity (Wildman–Crippen MR) is 101 cm³/mol. The van der Waals surface area contributed by atoms with Crippen molar-refractivity contribution >= 4 is 11.9 Å². The fraction of sp³-hybridized carbons (Fsp3) is 0.619. The lowest BCUT2D eigenvalue weighted by atomic mass is 9.71. The minimum Gasteiger partial charge on any atom is -0.481 e. The molecular formula is C21H31NO4. The summed E-state index contributed by atoms with van der Waals surface area (Å²) < 4.78 is 5.17. The lowest BCUT2D eigenvalue weighted by molar-refractivity contribution is -0.155. The molecule has 144 valence electrons. The summed E-state index contributed by atoms with van der Waals surface area (Å²) in [4.78, 5) is 27.0. The minimum absolute atomic E-state index is 0.0530. The first-order valence-electron chi connectivity index (χ1n) is 9.31. The third-order valence-electron chi connectivity index (χ3n) is 5.33. The lowest BCUT2D eigenvalue weighted by Crippen LogP contribution is -2.45. The molecule has 1 fully saturated rings. The van der Waals surface area contributed by atoms with Gasteiger partial charge in [-0.2, -0.15) is 0 Å². The van der Waals surface area contributed by atoms with Crippen molar-refractivity contribution < 1.29 is 19.4 Å². The Morgan fingerprint density at radius 1 is 1.27 bits per heavy atom. The molecule has 5 nitrogen and oxygen atoms in total. The second-order valence-electron chi connectivity index (χ2n) is 8.25. The Balaban J connectivity index is 2.33. The van der Waals surface area contributed by atoms with Crippen molar-refractivity contribution in [2.24, 2.45) is 17.3 Å². The molecule has 1 amide bonds. The summed E-state index contributed by atoms with van der Waals surface area (Å²) in [5.41, 5.74) is 0.720. The van der Waals surface area contributed by atoms with E-state index in [1.165, 1.54) is 5.56 Å². The van der Waals surface area contributed by atoms with Crippen LogP contribution in [0.25, 0.3) is 0 Å². The molecule has 0 radical (unpaired) electrons. The molecule has 26 heavy (non-hydrogen) atoms. The first-order chi connectivity index (χ1) is 12.3. The number of carboxylic acids is 1. The molecule has 0 saturated carbocycles. The maximum Gasteiger partial charge on any atom is 0.307 e. The molecule has 1 aromatic carbocycles. The van der Waals surface area contributed by atoms with E-state index in [0.29, 0.717) is 26.1 Å². The molecule has 1 heterocycles. The quantitative estimate of drug-likeness (QED) is 0.843. The van der Waals surface area contributed by atoms with Gasteiger partial charge in [0, 0.05) is 26.1 Å². The molecule has 0 aromatic heterocycles. The van der Waals surface area contributed by atoms with E-state index in [9.17, 15) is 14.7 Å². The number of benzene rings is 1. The van der Waals surface area contributed by atoms with Gasteiger partial charge >= 0.3 is 5.97 Å². The summed E-state index contributed by atoms with van der Waals surface area (Å²) in [6.07, 6.45) is 1.40. The number of carbonyl (C=O) groups is 2. The molecule has 1 unspecified atom stereocenters.